The van der Waals surface area contributed by atoms with Crippen molar-refractivity contribution < 1.29 is 9.53 Å². The summed E-state index contributed by atoms with van der Waals surface area (Å²) in [7, 11) is 0. The summed E-state index contributed by atoms with van der Waals surface area (Å²) in [5, 5.41) is 0.146. The predicted octanol–water partition coefficient (Wildman–Crippen LogP) is 4.64. The number of benzene rings is 2. The van der Waals surface area contributed by atoms with E-state index in [1.807, 2.05) is 47.0 Å². The number of amides is 1. The van der Waals surface area contributed by atoms with E-state index in [2.05, 4.69) is 31.2 Å². The topological polar surface area (TPSA) is 29.5 Å². The number of nitrogens with zero attached hydrogens (tertiary/aromatic N) is 1. The second kappa shape index (κ2) is 8.25. The van der Waals surface area contributed by atoms with Crippen LogP contribution < -0.4 is 4.74 Å². The first-order valence-electron chi connectivity index (χ1n) is 8.45. The number of hydrogen-bond donors (Lipinski definition) is 0. The molecule has 1 amide bonds. The van der Waals surface area contributed by atoms with Gasteiger partial charge >= 0.3 is 0 Å². The van der Waals surface area contributed by atoms with Crippen molar-refractivity contribution >= 4 is 17.7 Å². The summed E-state index contributed by atoms with van der Waals surface area (Å²) in [6.45, 7) is 3.47. The van der Waals surface area contributed by atoms with Gasteiger partial charge in [0.1, 0.15) is 17.7 Å². The number of carbonyl (C=O) groups excluding carboxylic acids is 1. The van der Waals surface area contributed by atoms with Gasteiger partial charge in [0.25, 0.3) is 0 Å². The van der Waals surface area contributed by atoms with Crippen LogP contribution in [-0.2, 0) is 11.4 Å². The van der Waals surface area contributed by atoms with Gasteiger partial charge in [0, 0.05) is 18.7 Å². The number of ether oxygens (including phenoxy) is 1. The Kier molecular flexibility index (Phi) is 5.81. The summed E-state index contributed by atoms with van der Waals surface area (Å²) in [4.78, 5) is 14.3. The van der Waals surface area contributed by atoms with Crippen LogP contribution in [0.2, 0.25) is 0 Å². The molecule has 1 aliphatic rings. The molecule has 0 radical (unpaired) electrons. The minimum atomic E-state index is 0.146. The van der Waals surface area contributed by atoms with Gasteiger partial charge < -0.3 is 9.64 Å². The molecule has 3 rings (SSSR count). The molecule has 24 heavy (non-hydrogen) atoms. The van der Waals surface area contributed by atoms with Crippen LogP contribution in [0.3, 0.4) is 0 Å². The first-order valence-corrected chi connectivity index (χ1v) is 9.50. The zero-order chi connectivity index (χ0) is 16.8. The Morgan fingerprint density at radius 1 is 1.17 bits per heavy atom. The Morgan fingerprint density at radius 2 is 1.92 bits per heavy atom. The highest BCUT2D eigenvalue weighted by atomic mass is 32.2. The Hall–Kier alpha value is -1.94. The van der Waals surface area contributed by atoms with Crippen LogP contribution >= 0.6 is 11.8 Å². The summed E-state index contributed by atoms with van der Waals surface area (Å²) < 4.78 is 5.84. The zero-order valence-corrected chi connectivity index (χ0v) is 14.8. The highest BCUT2D eigenvalue weighted by Gasteiger charge is 2.29. The molecule has 0 N–H and O–H groups in total. The normalized spacial score (nSPS) is 17.0. The molecule has 0 aliphatic carbocycles. The number of hydrogen-bond acceptors (Lipinski definition) is 3. The van der Waals surface area contributed by atoms with Crippen molar-refractivity contribution in [2.24, 2.45) is 0 Å². The van der Waals surface area contributed by atoms with E-state index in [1.54, 1.807) is 0 Å². The molecule has 1 unspecified atom stereocenters. The molecule has 1 heterocycles. The third kappa shape index (κ3) is 4.12. The van der Waals surface area contributed by atoms with Gasteiger partial charge in [-0.3, -0.25) is 4.79 Å². The van der Waals surface area contributed by atoms with E-state index >= 15 is 0 Å². The number of rotatable bonds is 6. The van der Waals surface area contributed by atoms with Crippen molar-refractivity contribution in [3.63, 3.8) is 0 Å². The molecule has 0 aromatic heterocycles. The molecule has 0 saturated carbocycles. The summed E-state index contributed by atoms with van der Waals surface area (Å²) in [6.07, 6.45) is 1.54. The molecule has 0 spiro atoms. The first-order chi connectivity index (χ1) is 11.8. The molecule has 1 aliphatic heterocycles. The van der Waals surface area contributed by atoms with Crippen LogP contribution in [-0.4, -0.2) is 23.1 Å². The lowest BCUT2D eigenvalue weighted by Gasteiger charge is -2.24. The van der Waals surface area contributed by atoms with E-state index in [0.717, 1.165) is 30.0 Å². The van der Waals surface area contributed by atoms with Gasteiger partial charge in [-0.25, -0.2) is 0 Å². The summed E-state index contributed by atoms with van der Waals surface area (Å²) in [5.74, 6) is 2.13. The largest absolute Gasteiger partial charge is 0.489 e. The van der Waals surface area contributed by atoms with Crippen LogP contribution in [0.1, 0.15) is 36.3 Å². The van der Waals surface area contributed by atoms with Crippen molar-refractivity contribution in [3.05, 3.63) is 65.7 Å². The van der Waals surface area contributed by atoms with Crippen molar-refractivity contribution in [1.82, 2.24) is 4.90 Å². The van der Waals surface area contributed by atoms with Gasteiger partial charge in [-0.2, -0.15) is 0 Å². The SMILES string of the molecule is CCCC(=O)N1CCSC1c1ccc(OCc2ccccc2)cc1. The molecule has 1 atom stereocenters. The third-order valence-corrected chi connectivity index (χ3v) is 5.35. The number of carbonyl (C=O) groups is 1. The van der Waals surface area contributed by atoms with Gasteiger partial charge in [-0.15, -0.1) is 11.8 Å². The Balaban J connectivity index is 1.62. The van der Waals surface area contributed by atoms with Gasteiger partial charge in [0.05, 0.1) is 0 Å². The van der Waals surface area contributed by atoms with Gasteiger partial charge in [-0.1, -0.05) is 49.4 Å². The van der Waals surface area contributed by atoms with Gasteiger partial charge in [0.2, 0.25) is 5.91 Å². The second-order valence-corrected chi connectivity index (χ2v) is 7.09. The maximum Gasteiger partial charge on any atom is 0.223 e. The van der Waals surface area contributed by atoms with Crippen molar-refractivity contribution in [2.75, 3.05) is 12.3 Å². The van der Waals surface area contributed by atoms with E-state index in [4.69, 9.17) is 4.74 Å². The summed E-state index contributed by atoms with van der Waals surface area (Å²) >= 11 is 1.84. The van der Waals surface area contributed by atoms with Crippen LogP contribution in [0.4, 0.5) is 0 Å². The minimum absolute atomic E-state index is 0.146. The van der Waals surface area contributed by atoms with E-state index in [9.17, 15) is 4.79 Å². The van der Waals surface area contributed by atoms with E-state index in [0.29, 0.717) is 13.0 Å². The van der Waals surface area contributed by atoms with Crippen molar-refractivity contribution in [3.8, 4) is 5.75 Å². The second-order valence-electron chi connectivity index (χ2n) is 5.90. The zero-order valence-electron chi connectivity index (χ0n) is 14.0. The average Bonchev–Trinajstić information content (AvgIpc) is 3.11. The van der Waals surface area contributed by atoms with Crippen LogP contribution in [0, 0.1) is 0 Å². The average molecular weight is 341 g/mol. The van der Waals surface area contributed by atoms with Gasteiger partial charge in [-0.05, 0) is 29.7 Å². The van der Waals surface area contributed by atoms with Crippen molar-refractivity contribution in [2.45, 2.75) is 31.7 Å². The standard InChI is InChI=1S/C20H23NO2S/c1-2-6-19(22)21-13-14-24-20(21)17-9-11-18(12-10-17)23-15-16-7-4-3-5-8-16/h3-5,7-12,20H,2,6,13-15H2,1H3. The lowest BCUT2D eigenvalue weighted by atomic mass is 10.2. The smallest absolute Gasteiger partial charge is 0.223 e. The molecular weight excluding hydrogens is 318 g/mol. The Bertz CT molecular complexity index is 657. The quantitative estimate of drug-likeness (QED) is 0.766. The first kappa shape index (κ1) is 16.9. The Morgan fingerprint density at radius 3 is 2.62 bits per heavy atom. The highest BCUT2D eigenvalue weighted by molar-refractivity contribution is 7.99. The molecule has 1 saturated heterocycles. The molecule has 0 bridgehead atoms. The van der Waals surface area contributed by atoms with Crippen LogP contribution in [0.5, 0.6) is 5.75 Å². The third-order valence-electron chi connectivity index (χ3n) is 4.09. The van der Waals surface area contributed by atoms with E-state index < -0.39 is 0 Å². The van der Waals surface area contributed by atoms with Crippen LogP contribution in [0.15, 0.2) is 54.6 Å². The van der Waals surface area contributed by atoms with Gasteiger partial charge in [0.15, 0.2) is 0 Å². The fourth-order valence-corrected chi connectivity index (χ4v) is 4.11. The molecule has 2 aromatic carbocycles. The molecule has 4 heteroatoms. The fraction of sp³-hybridized carbons (Fsp3) is 0.350. The maximum atomic E-state index is 12.2. The van der Waals surface area contributed by atoms with E-state index in [1.165, 1.54) is 5.56 Å². The predicted molar refractivity (Wildman–Crippen MR) is 99.0 cm³/mol. The monoisotopic (exact) mass is 341 g/mol. The molecular formula is C20H23NO2S. The molecule has 1 fully saturated rings. The molecule has 3 nitrogen and oxygen atoms in total. The van der Waals surface area contributed by atoms with Crippen LogP contribution in [0.25, 0.3) is 0 Å². The molecule has 126 valence electrons. The number of thioether (sulfide) groups is 1. The summed E-state index contributed by atoms with van der Waals surface area (Å²) in [5.41, 5.74) is 2.33. The highest BCUT2D eigenvalue weighted by Crippen LogP contribution is 2.38. The molecule has 2 aromatic rings. The minimum Gasteiger partial charge on any atom is -0.489 e. The van der Waals surface area contributed by atoms with Crippen molar-refractivity contribution in [1.29, 1.82) is 0 Å². The Labute approximate surface area is 148 Å². The van der Waals surface area contributed by atoms with E-state index in [-0.39, 0.29) is 11.3 Å². The maximum absolute atomic E-state index is 12.2. The fourth-order valence-electron chi connectivity index (χ4n) is 2.83. The lowest BCUT2D eigenvalue weighted by Crippen LogP contribution is -2.29. The summed E-state index contributed by atoms with van der Waals surface area (Å²) in [6, 6.07) is 18.3. The lowest BCUT2D eigenvalue weighted by molar-refractivity contribution is -0.131.